The van der Waals surface area contributed by atoms with Crippen LogP contribution in [0.3, 0.4) is 0 Å². The van der Waals surface area contributed by atoms with Gasteiger partial charge in [0.1, 0.15) is 0 Å². The van der Waals surface area contributed by atoms with Gasteiger partial charge in [-0.3, -0.25) is 4.79 Å². The van der Waals surface area contributed by atoms with Crippen molar-refractivity contribution in [2.45, 2.75) is 65.2 Å². The number of allylic oxidation sites excluding steroid dienone is 2. The fourth-order valence-electron chi connectivity index (χ4n) is 1.63. The van der Waals surface area contributed by atoms with Crippen LogP contribution in [-0.2, 0) is 9.53 Å². The highest BCUT2D eigenvalue weighted by atomic mass is 16.5. The van der Waals surface area contributed by atoms with Gasteiger partial charge in [-0.1, -0.05) is 50.0 Å². The molecular weight excluding hydrogens is 224 g/mol. The highest BCUT2D eigenvalue weighted by Crippen LogP contribution is 2.08. The number of ether oxygens (including phenoxy) is 1. The second-order valence-electron chi connectivity index (χ2n) is 4.39. The molecule has 0 amide bonds. The van der Waals surface area contributed by atoms with Crippen molar-refractivity contribution in [3.05, 3.63) is 12.2 Å². The Kier molecular flexibility index (Phi) is 12.9. The SMILES string of the molecule is CC=CC#CCCCCCCCCCOC(C)=O. The molecule has 0 saturated carbocycles. The monoisotopic (exact) mass is 250 g/mol. The number of unbranched alkanes of at least 4 members (excludes halogenated alkanes) is 7. The molecular formula is C16H26O2. The summed E-state index contributed by atoms with van der Waals surface area (Å²) in [5.74, 6) is 5.96. The number of esters is 1. The fraction of sp³-hybridized carbons (Fsp3) is 0.688. The number of hydrogen-bond acceptors (Lipinski definition) is 2. The lowest BCUT2D eigenvalue weighted by Crippen LogP contribution is -1.99. The maximum absolute atomic E-state index is 10.5. The lowest BCUT2D eigenvalue weighted by Gasteiger charge is -2.02. The van der Waals surface area contributed by atoms with Gasteiger partial charge in [0.2, 0.25) is 0 Å². The summed E-state index contributed by atoms with van der Waals surface area (Å²) in [6.07, 6.45) is 13.3. The fourth-order valence-corrected chi connectivity index (χ4v) is 1.63. The quantitative estimate of drug-likeness (QED) is 0.347. The van der Waals surface area contributed by atoms with Gasteiger partial charge in [-0.2, -0.15) is 0 Å². The van der Waals surface area contributed by atoms with Crippen molar-refractivity contribution in [2.24, 2.45) is 0 Å². The van der Waals surface area contributed by atoms with E-state index in [4.69, 9.17) is 4.74 Å². The maximum Gasteiger partial charge on any atom is 0.302 e. The minimum Gasteiger partial charge on any atom is -0.466 e. The molecule has 0 fully saturated rings. The molecule has 0 N–H and O–H groups in total. The summed E-state index contributed by atoms with van der Waals surface area (Å²) in [6, 6.07) is 0. The number of rotatable bonds is 9. The van der Waals surface area contributed by atoms with Crippen LogP contribution in [0.15, 0.2) is 12.2 Å². The van der Waals surface area contributed by atoms with Crippen molar-refractivity contribution in [3.8, 4) is 11.8 Å². The summed E-state index contributed by atoms with van der Waals surface area (Å²) < 4.78 is 4.87. The largest absolute Gasteiger partial charge is 0.466 e. The summed E-state index contributed by atoms with van der Waals surface area (Å²) in [6.45, 7) is 4.02. The molecule has 0 aromatic heterocycles. The first kappa shape index (κ1) is 16.8. The molecule has 0 bridgehead atoms. The molecule has 0 rings (SSSR count). The van der Waals surface area contributed by atoms with Gasteiger partial charge in [0, 0.05) is 13.3 Å². The third kappa shape index (κ3) is 14.8. The van der Waals surface area contributed by atoms with Crippen LogP contribution in [0.4, 0.5) is 0 Å². The van der Waals surface area contributed by atoms with Crippen molar-refractivity contribution in [1.82, 2.24) is 0 Å². The van der Waals surface area contributed by atoms with Gasteiger partial charge in [0.15, 0.2) is 0 Å². The molecule has 102 valence electrons. The second-order valence-corrected chi connectivity index (χ2v) is 4.39. The second kappa shape index (κ2) is 13.8. The van der Waals surface area contributed by atoms with E-state index >= 15 is 0 Å². The molecule has 0 aliphatic carbocycles. The van der Waals surface area contributed by atoms with Gasteiger partial charge in [-0.25, -0.2) is 0 Å². The lowest BCUT2D eigenvalue weighted by atomic mass is 10.1. The molecule has 2 heteroatoms. The Morgan fingerprint density at radius 3 is 2.28 bits per heavy atom. The van der Waals surface area contributed by atoms with Gasteiger partial charge in [0.05, 0.1) is 6.61 Å². The molecule has 18 heavy (non-hydrogen) atoms. The third-order valence-electron chi connectivity index (χ3n) is 2.60. The van der Waals surface area contributed by atoms with Crippen molar-refractivity contribution < 1.29 is 9.53 Å². The normalized spacial score (nSPS) is 10.1. The van der Waals surface area contributed by atoms with Crippen LogP contribution in [-0.4, -0.2) is 12.6 Å². The minimum atomic E-state index is -0.172. The number of hydrogen-bond donors (Lipinski definition) is 0. The van der Waals surface area contributed by atoms with E-state index in [0.29, 0.717) is 6.61 Å². The summed E-state index contributed by atoms with van der Waals surface area (Å²) in [7, 11) is 0. The van der Waals surface area contributed by atoms with E-state index in [1.807, 2.05) is 19.1 Å². The molecule has 0 spiro atoms. The molecule has 0 saturated heterocycles. The zero-order valence-corrected chi connectivity index (χ0v) is 11.8. The number of carbonyl (C=O) groups excluding carboxylic acids is 1. The van der Waals surface area contributed by atoms with Crippen LogP contribution in [0.1, 0.15) is 65.2 Å². The molecule has 0 radical (unpaired) electrons. The summed E-state index contributed by atoms with van der Waals surface area (Å²) >= 11 is 0. The van der Waals surface area contributed by atoms with E-state index in [2.05, 4.69) is 11.8 Å². The molecule has 0 aromatic carbocycles. The Morgan fingerprint density at radius 2 is 1.67 bits per heavy atom. The molecule has 0 aliphatic rings. The van der Waals surface area contributed by atoms with E-state index in [0.717, 1.165) is 19.3 Å². The van der Waals surface area contributed by atoms with Crippen LogP contribution < -0.4 is 0 Å². The Labute approximate surface area is 112 Å². The first-order valence-corrected chi connectivity index (χ1v) is 7.00. The van der Waals surface area contributed by atoms with Crippen molar-refractivity contribution in [2.75, 3.05) is 6.61 Å². The minimum absolute atomic E-state index is 0.172. The van der Waals surface area contributed by atoms with Gasteiger partial charge in [-0.15, -0.1) is 0 Å². The standard InChI is InChI=1S/C16H26O2/c1-3-4-5-6-7-8-9-10-11-12-13-14-15-18-16(2)17/h3-4H,7-15H2,1-2H3. The van der Waals surface area contributed by atoms with Crippen LogP contribution in [0.2, 0.25) is 0 Å². The van der Waals surface area contributed by atoms with Gasteiger partial charge < -0.3 is 4.74 Å². The van der Waals surface area contributed by atoms with E-state index < -0.39 is 0 Å². The van der Waals surface area contributed by atoms with Crippen LogP contribution >= 0.6 is 0 Å². The molecule has 0 aromatic rings. The summed E-state index contributed by atoms with van der Waals surface area (Å²) in [4.78, 5) is 10.5. The summed E-state index contributed by atoms with van der Waals surface area (Å²) in [5.41, 5.74) is 0. The lowest BCUT2D eigenvalue weighted by molar-refractivity contribution is -0.141. The van der Waals surface area contributed by atoms with Gasteiger partial charge in [0.25, 0.3) is 0 Å². The molecule has 0 atom stereocenters. The predicted octanol–water partition coefficient (Wildman–Crippen LogP) is 4.25. The highest BCUT2D eigenvalue weighted by molar-refractivity contribution is 5.65. The Bertz CT molecular complexity index is 281. The average molecular weight is 250 g/mol. The highest BCUT2D eigenvalue weighted by Gasteiger charge is 1.94. The Balaban J connectivity index is 3.08. The van der Waals surface area contributed by atoms with Crippen molar-refractivity contribution in [3.63, 3.8) is 0 Å². The molecule has 0 heterocycles. The smallest absolute Gasteiger partial charge is 0.302 e. The van der Waals surface area contributed by atoms with E-state index in [1.165, 1.54) is 39.0 Å². The maximum atomic E-state index is 10.5. The topological polar surface area (TPSA) is 26.3 Å². The van der Waals surface area contributed by atoms with E-state index in [9.17, 15) is 4.79 Å². The zero-order chi connectivity index (χ0) is 13.5. The zero-order valence-electron chi connectivity index (χ0n) is 11.8. The van der Waals surface area contributed by atoms with E-state index in [-0.39, 0.29) is 5.97 Å². The average Bonchev–Trinajstić information content (AvgIpc) is 2.34. The van der Waals surface area contributed by atoms with Crippen molar-refractivity contribution in [1.29, 1.82) is 0 Å². The van der Waals surface area contributed by atoms with Crippen LogP contribution in [0, 0.1) is 11.8 Å². The molecule has 0 aliphatic heterocycles. The Morgan fingerprint density at radius 1 is 1.06 bits per heavy atom. The molecule has 0 unspecified atom stereocenters. The third-order valence-corrected chi connectivity index (χ3v) is 2.60. The van der Waals surface area contributed by atoms with Crippen LogP contribution in [0.25, 0.3) is 0 Å². The van der Waals surface area contributed by atoms with Gasteiger partial charge >= 0.3 is 5.97 Å². The van der Waals surface area contributed by atoms with E-state index in [1.54, 1.807) is 0 Å². The number of carbonyl (C=O) groups is 1. The van der Waals surface area contributed by atoms with Crippen molar-refractivity contribution >= 4 is 5.97 Å². The molecule has 2 nitrogen and oxygen atoms in total. The predicted molar refractivity (Wildman–Crippen MR) is 76.2 cm³/mol. The first-order chi connectivity index (χ1) is 8.77. The first-order valence-electron chi connectivity index (χ1n) is 7.00. The summed E-state index contributed by atoms with van der Waals surface area (Å²) in [5, 5.41) is 0. The Hall–Kier alpha value is -1.23. The van der Waals surface area contributed by atoms with Crippen LogP contribution in [0.5, 0.6) is 0 Å². The van der Waals surface area contributed by atoms with Gasteiger partial charge in [-0.05, 0) is 25.8 Å².